The highest BCUT2D eigenvalue weighted by Gasteiger charge is 2.39. The fourth-order valence-electron chi connectivity index (χ4n) is 3.18. The second-order valence-corrected chi connectivity index (χ2v) is 5.94. The summed E-state index contributed by atoms with van der Waals surface area (Å²) in [5, 5.41) is 14.2. The molecule has 4 heteroatoms. The van der Waals surface area contributed by atoms with Crippen LogP contribution >= 0.6 is 0 Å². The summed E-state index contributed by atoms with van der Waals surface area (Å²) in [7, 11) is 0. The molecule has 0 aromatic heterocycles. The van der Waals surface area contributed by atoms with Gasteiger partial charge >= 0.3 is 0 Å². The summed E-state index contributed by atoms with van der Waals surface area (Å²) < 4.78 is 0. The number of para-hydroxylation sites is 2. The van der Waals surface area contributed by atoms with Crippen molar-refractivity contribution in [1.29, 1.82) is 0 Å². The van der Waals surface area contributed by atoms with Gasteiger partial charge in [0.25, 0.3) is 0 Å². The Bertz CT molecular complexity index is 687. The number of nitrogens with zero attached hydrogens (tertiary/aromatic N) is 1. The Hall–Kier alpha value is -2.33. The summed E-state index contributed by atoms with van der Waals surface area (Å²) in [5.41, 5.74) is 2.83. The van der Waals surface area contributed by atoms with Crippen LogP contribution in [-0.2, 0) is 4.79 Å². The van der Waals surface area contributed by atoms with Gasteiger partial charge in [0.15, 0.2) is 0 Å². The van der Waals surface area contributed by atoms with Gasteiger partial charge in [0.1, 0.15) is 6.23 Å². The van der Waals surface area contributed by atoms with E-state index in [0.29, 0.717) is 6.42 Å². The highest BCUT2D eigenvalue weighted by Crippen LogP contribution is 2.41. The summed E-state index contributed by atoms with van der Waals surface area (Å²) in [6, 6.07) is 17.7. The van der Waals surface area contributed by atoms with Gasteiger partial charge in [-0.25, -0.2) is 0 Å². The molecular weight excluding hydrogens is 288 g/mol. The summed E-state index contributed by atoms with van der Waals surface area (Å²) >= 11 is 0. The maximum Gasteiger partial charge on any atom is 0.228 e. The lowest BCUT2D eigenvalue weighted by atomic mass is 9.86. The molecule has 1 heterocycles. The molecule has 3 atom stereocenters. The van der Waals surface area contributed by atoms with Gasteiger partial charge in [-0.05, 0) is 23.8 Å². The van der Waals surface area contributed by atoms with Crippen LogP contribution in [0.25, 0.3) is 0 Å². The molecule has 0 bridgehead atoms. The number of nitrogens with one attached hydrogen (secondary N) is 1. The molecule has 0 unspecified atom stereocenters. The van der Waals surface area contributed by atoms with E-state index in [1.54, 1.807) is 0 Å². The molecule has 0 radical (unpaired) electrons. The molecule has 3 rings (SSSR count). The van der Waals surface area contributed by atoms with Crippen LogP contribution in [0, 0.1) is 5.92 Å². The number of fused-ring (bicyclic) bond motifs is 1. The van der Waals surface area contributed by atoms with Crippen LogP contribution in [0.5, 0.6) is 0 Å². The maximum atomic E-state index is 12.3. The number of benzene rings is 2. The van der Waals surface area contributed by atoms with E-state index >= 15 is 0 Å². The summed E-state index contributed by atoms with van der Waals surface area (Å²) in [5.74, 6) is -0.185. The number of hydrogen-bond donors (Lipinski definition) is 2. The van der Waals surface area contributed by atoms with E-state index in [-0.39, 0.29) is 17.9 Å². The maximum absolute atomic E-state index is 12.3. The van der Waals surface area contributed by atoms with Gasteiger partial charge in [-0.3, -0.25) is 9.69 Å². The van der Waals surface area contributed by atoms with E-state index in [1.807, 2.05) is 68.4 Å². The first-order valence-corrected chi connectivity index (χ1v) is 8.04. The van der Waals surface area contributed by atoms with Gasteiger partial charge in [-0.15, -0.1) is 0 Å². The van der Waals surface area contributed by atoms with Gasteiger partial charge in [0.05, 0.1) is 11.7 Å². The molecule has 2 aromatic carbocycles. The van der Waals surface area contributed by atoms with E-state index < -0.39 is 6.23 Å². The topological polar surface area (TPSA) is 52.6 Å². The van der Waals surface area contributed by atoms with Gasteiger partial charge < -0.3 is 10.4 Å². The second kappa shape index (κ2) is 6.42. The largest absolute Gasteiger partial charge is 0.378 e. The van der Waals surface area contributed by atoms with Crippen molar-refractivity contribution in [3.63, 3.8) is 0 Å². The number of carbonyl (C=O) groups excluding carboxylic acids is 1. The molecule has 1 aliphatic heterocycles. The van der Waals surface area contributed by atoms with Gasteiger partial charge in [0.2, 0.25) is 5.91 Å². The number of aliphatic hydroxyl groups is 1. The second-order valence-electron chi connectivity index (χ2n) is 5.94. The smallest absolute Gasteiger partial charge is 0.228 e. The summed E-state index contributed by atoms with van der Waals surface area (Å²) in [6.45, 7) is 3.79. The first kappa shape index (κ1) is 15.6. The normalized spacial score (nSPS) is 23.3. The molecule has 4 nitrogen and oxygen atoms in total. The lowest BCUT2D eigenvalue weighted by Crippen LogP contribution is -2.50. The Labute approximate surface area is 136 Å². The number of anilines is 2. The average Bonchev–Trinajstić information content (AvgIpc) is 2.59. The Morgan fingerprint density at radius 3 is 2.48 bits per heavy atom. The summed E-state index contributed by atoms with van der Waals surface area (Å²) in [6.07, 6.45) is -0.465. The quantitative estimate of drug-likeness (QED) is 0.911. The predicted molar refractivity (Wildman–Crippen MR) is 92.2 cm³/mol. The van der Waals surface area contributed by atoms with E-state index in [0.717, 1.165) is 16.9 Å². The third-order valence-electron chi connectivity index (χ3n) is 4.46. The van der Waals surface area contributed by atoms with Crippen LogP contribution in [0.4, 0.5) is 11.4 Å². The number of hydrogen-bond acceptors (Lipinski definition) is 3. The van der Waals surface area contributed by atoms with Gasteiger partial charge in [-0.2, -0.15) is 0 Å². The molecule has 2 N–H and O–H groups in total. The average molecular weight is 310 g/mol. The van der Waals surface area contributed by atoms with E-state index in [9.17, 15) is 9.90 Å². The van der Waals surface area contributed by atoms with Crippen molar-refractivity contribution in [2.45, 2.75) is 32.5 Å². The molecule has 0 spiro atoms. The molecule has 0 saturated heterocycles. The zero-order valence-corrected chi connectivity index (χ0v) is 13.4. The van der Waals surface area contributed by atoms with Crippen LogP contribution in [0.1, 0.15) is 31.9 Å². The van der Waals surface area contributed by atoms with Gasteiger partial charge in [0, 0.05) is 18.0 Å². The van der Waals surface area contributed by atoms with Crippen molar-refractivity contribution in [1.82, 2.24) is 0 Å². The van der Waals surface area contributed by atoms with Crippen LogP contribution in [0.2, 0.25) is 0 Å². The zero-order valence-electron chi connectivity index (χ0n) is 13.4. The fraction of sp³-hybridized carbons (Fsp3) is 0.316. The zero-order chi connectivity index (χ0) is 16.4. The van der Waals surface area contributed by atoms with Crippen molar-refractivity contribution >= 4 is 17.3 Å². The fourth-order valence-corrected chi connectivity index (χ4v) is 3.18. The van der Waals surface area contributed by atoms with Crippen molar-refractivity contribution < 1.29 is 9.90 Å². The van der Waals surface area contributed by atoms with E-state index in [1.165, 1.54) is 4.90 Å². The first-order valence-electron chi connectivity index (χ1n) is 8.04. The first-order chi connectivity index (χ1) is 11.1. The number of carbonyl (C=O) groups is 1. The summed E-state index contributed by atoms with van der Waals surface area (Å²) in [4.78, 5) is 13.8. The number of amides is 1. The van der Waals surface area contributed by atoms with Crippen molar-refractivity contribution in [3.8, 4) is 0 Å². The third kappa shape index (κ3) is 2.82. The Balaban J connectivity index is 2.02. The highest BCUT2D eigenvalue weighted by molar-refractivity contribution is 5.95. The Morgan fingerprint density at radius 1 is 1.13 bits per heavy atom. The molecule has 1 amide bonds. The monoisotopic (exact) mass is 310 g/mol. The Kier molecular flexibility index (Phi) is 4.35. The lowest BCUT2D eigenvalue weighted by molar-refractivity contribution is -0.121. The SMILES string of the molecule is CCC(=O)N1c2ccccc2[C@H](Nc2ccccc2)[C@@H](C)[C@@H]1O. The minimum atomic E-state index is -0.835. The highest BCUT2D eigenvalue weighted by atomic mass is 16.3. The Morgan fingerprint density at radius 2 is 1.78 bits per heavy atom. The van der Waals surface area contributed by atoms with Crippen molar-refractivity contribution in [3.05, 3.63) is 60.2 Å². The van der Waals surface area contributed by atoms with Crippen LogP contribution in [-0.4, -0.2) is 17.2 Å². The lowest BCUT2D eigenvalue weighted by Gasteiger charge is -2.43. The number of rotatable bonds is 3. The molecule has 120 valence electrons. The standard InChI is InChI=1S/C19H22N2O2/c1-3-17(22)21-16-12-8-7-11-15(16)18(13(2)19(21)23)20-14-9-5-4-6-10-14/h4-13,18-20,23H,3H2,1-2H3/t13-,18-,19+/m1/s1. The minimum absolute atomic E-state index is 0.0514. The molecule has 2 aromatic rings. The van der Waals surface area contributed by atoms with Crippen LogP contribution in [0.3, 0.4) is 0 Å². The van der Waals surface area contributed by atoms with Crippen LogP contribution in [0.15, 0.2) is 54.6 Å². The molecule has 0 fully saturated rings. The molecule has 1 aliphatic rings. The molecule has 0 aliphatic carbocycles. The predicted octanol–water partition coefficient (Wildman–Crippen LogP) is 3.55. The van der Waals surface area contributed by atoms with E-state index in [2.05, 4.69) is 5.32 Å². The minimum Gasteiger partial charge on any atom is -0.378 e. The number of aliphatic hydroxyl groups excluding tert-OH is 1. The van der Waals surface area contributed by atoms with Gasteiger partial charge in [-0.1, -0.05) is 50.2 Å². The molecule has 0 saturated carbocycles. The molecular formula is C19H22N2O2. The molecule has 23 heavy (non-hydrogen) atoms. The van der Waals surface area contributed by atoms with E-state index in [4.69, 9.17) is 0 Å². The van der Waals surface area contributed by atoms with Crippen molar-refractivity contribution in [2.75, 3.05) is 10.2 Å². The third-order valence-corrected chi connectivity index (χ3v) is 4.46. The van der Waals surface area contributed by atoms with Crippen molar-refractivity contribution in [2.24, 2.45) is 5.92 Å². The van der Waals surface area contributed by atoms with Crippen LogP contribution < -0.4 is 10.2 Å².